The van der Waals surface area contributed by atoms with Gasteiger partial charge in [0, 0.05) is 5.38 Å². The van der Waals surface area contributed by atoms with Gasteiger partial charge in [0.15, 0.2) is 5.84 Å². The van der Waals surface area contributed by atoms with Gasteiger partial charge in [0.25, 0.3) is 5.91 Å². The Labute approximate surface area is 104 Å². The van der Waals surface area contributed by atoms with Crippen molar-refractivity contribution in [2.24, 2.45) is 10.9 Å². The van der Waals surface area contributed by atoms with Crippen molar-refractivity contribution in [3.05, 3.63) is 22.4 Å². The lowest BCUT2D eigenvalue weighted by Crippen LogP contribution is -2.56. The van der Waals surface area contributed by atoms with Crippen LogP contribution in [0.5, 0.6) is 0 Å². The van der Waals surface area contributed by atoms with Gasteiger partial charge in [-0.05, 0) is 24.3 Å². The van der Waals surface area contributed by atoms with E-state index in [1.165, 1.54) is 11.3 Å². The van der Waals surface area contributed by atoms with Gasteiger partial charge in [0.1, 0.15) is 5.54 Å². The van der Waals surface area contributed by atoms with Crippen molar-refractivity contribution in [2.75, 3.05) is 0 Å². The summed E-state index contributed by atoms with van der Waals surface area (Å²) in [4.78, 5) is 12.0. The second kappa shape index (κ2) is 5.67. The van der Waals surface area contributed by atoms with Crippen LogP contribution in [-0.2, 0) is 0 Å². The van der Waals surface area contributed by atoms with Crippen LogP contribution in [0.25, 0.3) is 0 Å². The average molecular weight is 255 g/mol. The molecule has 1 aromatic heterocycles. The van der Waals surface area contributed by atoms with Crippen LogP contribution in [0.4, 0.5) is 0 Å². The van der Waals surface area contributed by atoms with Crippen molar-refractivity contribution >= 4 is 23.1 Å². The molecule has 5 nitrogen and oxygen atoms in total. The van der Waals surface area contributed by atoms with Crippen molar-refractivity contribution in [3.8, 4) is 0 Å². The van der Waals surface area contributed by atoms with E-state index in [1.54, 1.807) is 11.4 Å². The smallest absolute Gasteiger partial charge is 0.252 e. The second-order valence-corrected chi connectivity index (χ2v) is 4.52. The molecule has 0 atom stereocenters. The molecule has 0 aliphatic heterocycles. The van der Waals surface area contributed by atoms with E-state index in [-0.39, 0.29) is 11.7 Å². The number of amides is 1. The molecule has 0 bridgehead atoms. The molecule has 6 heteroatoms. The third-order valence-corrected chi connectivity index (χ3v) is 3.62. The lowest BCUT2D eigenvalue weighted by Gasteiger charge is -2.31. The van der Waals surface area contributed by atoms with E-state index in [0.717, 1.165) is 0 Å². The maximum Gasteiger partial charge on any atom is 0.252 e. The number of amidine groups is 1. The highest BCUT2D eigenvalue weighted by molar-refractivity contribution is 7.08. The van der Waals surface area contributed by atoms with Crippen molar-refractivity contribution in [3.63, 3.8) is 0 Å². The summed E-state index contributed by atoms with van der Waals surface area (Å²) in [6.07, 6.45) is 1.13. The van der Waals surface area contributed by atoms with Crippen LogP contribution >= 0.6 is 11.3 Å². The van der Waals surface area contributed by atoms with E-state index in [9.17, 15) is 4.79 Å². The Morgan fingerprint density at radius 2 is 2.24 bits per heavy atom. The van der Waals surface area contributed by atoms with Crippen molar-refractivity contribution in [2.45, 2.75) is 32.2 Å². The molecule has 0 radical (unpaired) electrons. The standard InChI is InChI=1S/C11H17N3O2S/c1-3-11(4-2,10(12)14-16)13-9(15)8-5-6-17-7-8/h5-7,16H,3-4H2,1-2H3,(H2,12,14)(H,13,15). The summed E-state index contributed by atoms with van der Waals surface area (Å²) in [5, 5.41) is 18.2. The molecule has 0 saturated carbocycles. The number of carbonyl (C=O) groups excluding carboxylic acids is 1. The van der Waals surface area contributed by atoms with E-state index in [2.05, 4.69) is 10.5 Å². The van der Waals surface area contributed by atoms with E-state index in [4.69, 9.17) is 10.9 Å². The fraction of sp³-hybridized carbons (Fsp3) is 0.455. The molecule has 0 spiro atoms. The number of nitrogens with zero attached hydrogens (tertiary/aromatic N) is 1. The Morgan fingerprint density at radius 3 is 2.65 bits per heavy atom. The number of thiophene rings is 1. The first-order valence-electron chi connectivity index (χ1n) is 5.42. The molecular formula is C11H17N3O2S. The summed E-state index contributed by atoms with van der Waals surface area (Å²) >= 11 is 1.45. The fourth-order valence-electron chi connectivity index (χ4n) is 1.63. The van der Waals surface area contributed by atoms with Gasteiger partial charge in [-0.25, -0.2) is 0 Å². The Morgan fingerprint density at radius 1 is 1.59 bits per heavy atom. The van der Waals surface area contributed by atoms with Gasteiger partial charge in [0.05, 0.1) is 5.56 Å². The summed E-state index contributed by atoms with van der Waals surface area (Å²) in [6, 6.07) is 1.74. The average Bonchev–Trinajstić information content (AvgIpc) is 2.88. The first-order valence-corrected chi connectivity index (χ1v) is 6.36. The number of nitrogens with one attached hydrogen (secondary N) is 1. The van der Waals surface area contributed by atoms with Crippen molar-refractivity contribution < 1.29 is 10.0 Å². The van der Waals surface area contributed by atoms with Gasteiger partial charge >= 0.3 is 0 Å². The molecule has 0 unspecified atom stereocenters. The van der Waals surface area contributed by atoms with E-state index in [1.807, 2.05) is 19.2 Å². The normalized spacial score (nSPS) is 12.5. The van der Waals surface area contributed by atoms with Gasteiger partial charge in [-0.15, -0.1) is 0 Å². The van der Waals surface area contributed by atoms with Crippen LogP contribution in [0.3, 0.4) is 0 Å². The van der Waals surface area contributed by atoms with Crippen LogP contribution < -0.4 is 11.1 Å². The van der Waals surface area contributed by atoms with Crippen LogP contribution in [0.15, 0.2) is 22.0 Å². The topological polar surface area (TPSA) is 87.7 Å². The molecule has 1 rings (SSSR count). The van der Waals surface area contributed by atoms with Crippen LogP contribution in [0.2, 0.25) is 0 Å². The lowest BCUT2D eigenvalue weighted by molar-refractivity contribution is 0.0918. The number of rotatable bonds is 5. The van der Waals surface area contributed by atoms with Crippen LogP contribution in [0, 0.1) is 0 Å². The molecule has 0 fully saturated rings. The van der Waals surface area contributed by atoms with Crippen LogP contribution in [0.1, 0.15) is 37.0 Å². The monoisotopic (exact) mass is 255 g/mol. The highest BCUT2D eigenvalue weighted by atomic mass is 32.1. The summed E-state index contributed by atoms with van der Waals surface area (Å²) in [7, 11) is 0. The summed E-state index contributed by atoms with van der Waals surface area (Å²) in [5.74, 6) is -0.173. The minimum Gasteiger partial charge on any atom is -0.409 e. The molecule has 1 amide bonds. The molecule has 1 heterocycles. The minimum atomic E-state index is -0.784. The summed E-state index contributed by atoms with van der Waals surface area (Å²) in [6.45, 7) is 3.77. The molecule has 0 aliphatic carbocycles. The number of hydrogen-bond acceptors (Lipinski definition) is 4. The molecular weight excluding hydrogens is 238 g/mol. The quantitative estimate of drug-likeness (QED) is 0.324. The molecule has 0 aromatic carbocycles. The number of oxime groups is 1. The molecule has 4 N–H and O–H groups in total. The maximum atomic E-state index is 12.0. The Kier molecular flexibility index (Phi) is 4.51. The highest BCUT2D eigenvalue weighted by Gasteiger charge is 2.33. The van der Waals surface area contributed by atoms with Crippen molar-refractivity contribution in [1.29, 1.82) is 0 Å². The third-order valence-electron chi connectivity index (χ3n) is 2.94. The first-order chi connectivity index (χ1) is 8.09. The summed E-state index contributed by atoms with van der Waals surface area (Å²) < 4.78 is 0. The maximum absolute atomic E-state index is 12.0. The molecule has 17 heavy (non-hydrogen) atoms. The van der Waals surface area contributed by atoms with Gasteiger partial charge in [-0.2, -0.15) is 11.3 Å². The Hall–Kier alpha value is -1.56. The third kappa shape index (κ3) is 2.76. The number of hydrogen-bond donors (Lipinski definition) is 3. The van der Waals surface area contributed by atoms with Gasteiger partial charge in [0.2, 0.25) is 0 Å². The first kappa shape index (κ1) is 13.5. The zero-order valence-electron chi connectivity index (χ0n) is 9.93. The largest absolute Gasteiger partial charge is 0.409 e. The highest BCUT2D eigenvalue weighted by Crippen LogP contribution is 2.17. The predicted molar refractivity (Wildman–Crippen MR) is 68.5 cm³/mol. The summed E-state index contributed by atoms with van der Waals surface area (Å²) in [5.41, 5.74) is 5.47. The zero-order chi connectivity index (χ0) is 12.9. The predicted octanol–water partition coefficient (Wildman–Crippen LogP) is 1.78. The Balaban J connectivity index is 2.91. The molecule has 94 valence electrons. The SMILES string of the molecule is CCC(CC)(NC(=O)c1ccsc1)/C(N)=N/O. The minimum absolute atomic E-state index is 0.0334. The molecule has 0 saturated heterocycles. The lowest BCUT2D eigenvalue weighted by atomic mass is 9.91. The van der Waals surface area contributed by atoms with E-state index < -0.39 is 5.54 Å². The van der Waals surface area contributed by atoms with Gasteiger partial charge < -0.3 is 16.3 Å². The molecule has 1 aromatic rings. The fourth-order valence-corrected chi connectivity index (χ4v) is 2.27. The van der Waals surface area contributed by atoms with Crippen molar-refractivity contribution in [1.82, 2.24) is 5.32 Å². The Bertz CT molecular complexity index is 397. The zero-order valence-corrected chi connectivity index (χ0v) is 10.8. The number of nitrogens with two attached hydrogens (primary N) is 1. The van der Waals surface area contributed by atoms with Gasteiger partial charge in [-0.1, -0.05) is 19.0 Å². The van der Waals surface area contributed by atoms with E-state index in [0.29, 0.717) is 18.4 Å². The van der Waals surface area contributed by atoms with Gasteiger partial charge in [-0.3, -0.25) is 4.79 Å². The molecule has 0 aliphatic rings. The van der Waals surface area contributed by atoms with E-state index >= 15 is 0 Å². The van der Waals surface area contributed by atoms with Crippen LogP contribution in [-0.4, -0.2) is 22.5 Å². The number of carbonyl (C=O) groups is 1. The second-order valence-electron chi connectivity index (χ2n) is 3.74.